The molecule has 0 saturated carbocycles. The van der Waals surface area contributed by atoms with Crippen LogP contribution in [0.3, 0.4) is 0 Å². The van der Waals surface area contributed by atoms with E-state index in [2.05, 4.69) is 83.3 Å². The molecule has 4 N–H and O–H groups in total. The van der Waals surface area contributed by atoms with Crippen molar-refractivity contribution in [3.05, 3.63) is 182 Å². The van der Waals surface area contributed by atoms with Crippen molar-refractivity contribution in [2.45, 2.75) is 41.5 Å². The summed E-state index contributed by atoms with van der Waals surface area (Å²) in [6.07, 6.45) is 2.17. The van der Waals surface area contributed by atoms with E-state index in [1.54, 1.807) is 64.1 Å². The number of nitrogens with zero attached hydrogens (tertiary/aromatic N) is 16. The highest BCUT2D eigenvalue weighted by molar-refractivity contribution is 7.21. The molecular weight excluding hydrogens is 1160 g/mol. The highest BCUT2D eigenvalue weighted by Gasteiger charge is 2.24. The van der Waals surface area contributed by atoms with Crippen molar-refractivity contribution >= 4 is 120 Å². The lowest BCUT2D eigenvalue weighted by Crippen LogP contribution is -2.31. The Morgan fingerprint density at radius 2 is 0.894 bits per heavy atom. The molecule has 0 aliphatic carbocycles. The van der Waals surface area contributed by atoms with Gasteiger partial charge < -0.3 is 35.2 Å². The minimum Gasteiger partial charge on any atom is -0.461 e. The van der Waals surface area contributed by atoms with Crippen LogP contribution in [0.25, 0.3) is 24.4 Å². The van der Waals surface area contributed by atoms with Gasteiger partial charge in [-0.2, -0.15) is 21.0 Å². The van der Waals surface area contributed by atoms with Crippen molar-refractivity contribution in [1.82, 2.24) is 0 Å². The van der Waals surface area contributed by atoms with E-state index >= 15 is 0 Å². The molecule has 2 aromatic carbocycles. The third-order valence-corrected chi connectivity index (χ3v) is 14.9. The zero-order valence-corrected chi connectivity index (χ0v) is 50.4. The summed E-state index contributed by atoms with van der Waals surface area (Å²) in [5, 5.41) is 82.2. The number of thiophene rings is 4. The predicted molar refractivity (Wildman–Crippen MR) is 334 cm³/mol. The van der Waals surface area contributed by atoms with Crippen molar-refractivity contribution in [3.63, 3.8) is 0 Å². The molecule has 0 spiro atoms. The molecule has 6 rings (SSSR count). The molecule has 4 aromatic heterocycles. The van der Waals surface area contributed by atoms with Gasteiger partial charge in [0.2, 0.25) is 20.4 Å². The molecule has 27 heteroatoms. The molecule has 0 atom stereocenters. The second kappa shape index (κ2) is 39.6. The van der Waals surface area contributed by atoms with Gasteiger partial charge in [0.25, 0.3) is 5.00 Å². The number of diazo groups is 1. The Bertz CT molecular complexity index is 3690. The third-order valence-electron chi connectivity index (χ3n) is 10.6. The van der Waals surface area contributed by atoms with Crippen LogP contribution in [-0.4, -0.2) is 74.8 Å². The van der Waals surface area contributed by atoms with E-state index < -0.39 is 11.9 Å². The number of nitrogen functional groups attached to an aromatic ring is 1. The average molecular weight is 1220 g/mol. The van der Waals surface area contributed by atoms with Crippen molar-refractivity contribution in [3.8, 4) is 24.3 Å². The van der Waals surface area contributed by atoms with Crippen molar-refractivity contribution in [2.24, 2.45) is 20.5 Å². The number of hydrogen-bond donors (Lipinski definition) is 3. The zero-order chi connectivity index (χ0) is 64.0. The SMILES string of the molecule is C=C.CC.[C-]#[N+]c1sc(N)c(C#N)c1C.[C-]#[N+]c1sc(N=Nc2ccc(N(CCO)CCO)cc2)c(C#N)c1C.[C-]#[N+]c1sc(N=Nc2ccc(N(CCOC(=O)C=C)CCOC(=O)C=C)cc2)c(C#N)c1C.[C-]#[N+]c1sc([N+]#N)c(C#N)c1C. The highest BCUT2D eigenvalue weighted by atomic mass is 32.1. The monoisotopic (exact) mass is 1210 g/mol. The number of carbonyl (C=O) groups excluding carboxylic acids is 2. The first-order valence-corrected chi connectivity index (χ1v) is 27.9. The number of nitrogens with two attached hydrogens (primary N) is 1. The van der Waals surface area contributed by atoms with Crippen LogP contribution >= 0.6 is 45.3 Å². The first-order chi connectivity index (χ1) is 41.0. The van der Waals surface area contributed by atoms with Crippen molar-refractivity contribution in [2.75, 3.05) is 68.1 Å². The molecule has 4 heterocycles. The zero-order valence-electron chi connectivity index (χ0n) is 47.2. The molecule has 0 aliphatic rings. The normalized spacial score (nSPS) is 9.45. The fourth-order valence-corrected chi connectivity index (χ4v) is 9.80. The second-order valence-electron chi connectivity index (χ2n) is 15.5. The molecule has 85 heavy (non-hydrogen) atoms. The molecule has 0 aliphatic heterocycles. The lowest BCUT2D eigenvalue weighted by molar-refractivity contribution is -0.137. The van der Waals surface area contributed by atoms with Crippen LogP contribution in [0.4, 0.5) is 62.8 Å². The minimum absolute atomic E-state index is 0.000484. The van der Waals surface area contributed by atoms with Gasteiger partial charge in [0, 0.05) is 36.6 Å². The van der Waals surface area contributed by atoms with E-state index in [4.69, 9.17) is 67.6 Å². The first kappa shape index (κ1) is 72.3. The van der Waals surface area contributed by atoms with E-state index in [1.807, 2.05) is 47.9 Å². The smallest absolute Gasteiger partial charge is 0.446 e. The topological polar surface area (TPSA) is 316 Å². The number of aliphatic hydroxyl groups is 2. The van der Waals surface area contributed by atoms with Gasteiger partial charge in [0.05, 0.1) is 85.7 Å². The summed E-state index contributed by atoms with van der Waals surface area (Å²) in [5.74, 6) is -1.04. The quantitative estimate of drug-likeness (QED) is 0.0180. The summed E-state index contributed by atoms with van der Waals surface area (Å²) in [5.41, 5.74) is 12.3. The Balaban J connectivity index is 0.000000605. The maximum atomic E-state index is 11.3. The standard InChI is InChI=1S/C23H21N5O4S.C17H17N5O2S.C7H3N4S.C7H5N3S.C2H6.C2H4/c1-5-20(29)31-13-11-28(12-14-32-21(30)6-2)18-9-7-17(8-10-18)26-27-23-19(15-24)16(3)22(25-4)33-23;1-12-15(11-18)17(25-16(12)19-2)21-20-13-3-5-14(6-4-13)22(7-9-23)8-10-24;1-4-5(3-8)7(11-9)12-6(4)10-2;1-4-5(3-8)6(9)11-7(4)10-2;2*1-2/h5-10H,1-2,11-14H2,3H3;3-6,23-24H,7-10H2,1H3;1H3;9H2,1H3;1-2H3;1-2H2/q;;+1;;;. The Labute approximate surface area is 509 Å². The average Bonchev–Trinajstić information content (AvgIpc) is 4.36. The number of anilines is 3. The summed E-state index contributed by atoms with van der Waals surface area (Å²) in [6.45, 7) is 53.2. The summed E-state index contributed by atoms with van der Waals surface area (Å²) >= 11 is 4.46. The number of carbonyl (C=O) groups is 2. The molecule has 0 unspecified atom stereocenters. The van der Waals surface area contributed by atoms with Gasteiger partial charge in [-0.05, 0) is 98.5 Å². The molecule has 0 bridgehead atoms. The van der Waals surface area contributed by atoms with Crippen LogP contribution in [0.2, 0.25) is 0 Å². The fourth-order valence-electron chi connectivity index (χ4n) is 6.43. The van der Waals surface area contributed by atoms with Gasteiger partial charge in [-0.15, -0.1) is 67.6 Å². The number of esters is 2. The highest BCUT2D eigenvalue weighted by Crippen LogP contribution is 2.43. The summed E-state index contributed by atoms with van der Waals surface area (Å²) in [6, 6.07) is 22.2. The summed E-state index contributed by atoms with van der Waals surface area (Å²) in [7, 11) is 0. The van der Waals surface area contributed by atoms with Gasteiger partial charge in [-0.25, -0.2) is 29.0 Å². The van der Waals surface area contributed by atoms with Gasteiger partial charge in [0.1, 0.15) is 47.5 Å². The van der Waals surface area contributed by atoms with E-state index in [0.717, 1.165) is 57.5 Å². The number of rotatable bonds is 18. The Morgan fingerprint density at radius 1 is 0.565 bits per heavy atom. The third kappa shape index (κ3) is 21.6. The van der Waals surface area contributed by atoms with Crippen LogP contribution in [0.5, 0.6) is 0 Å². The molecule has 6 aromatic rings. The van der Waals surface area contributed by atoms with Crippen molar-refractivity contribution in [1.29, 1.82) is 26.4 Å². The molecule has 432 valence electrons. The Kier molecular flexibility index (Phi) is 33.7. The number of hydrogen-bond acceptors (Lipinski definition) is 22. The first-order valence-electron chi connectivity index (χ1n) is 24.6. The second-order valence-corrected chi connectivity index (χ2v) is 19.5. The van der Waals surface area contributed by atoms with Crippen LogP contribution < -0.4 is 15.5 Å². The molecule has 0 saturated heterocycles. The molecular formula is C58H56N17O6S4+. The van der Waals surface area contributed by atoms with Gasteiger partial charge in [-0.3, -0.25) is 0 Å². The fraction of sp³-hybridized carbons (Fsp3) is 0.241. The van der Waals surface area contributed by atoms with E-state index in [0.29, 0.717) is 112 Å². The van der Waals surface area contributed by atoms with Crippen LogP contribution in [0, 0.1) is 105 Å². The Hall–Kier alpha value is -10.7. The van der Waals surface area contributed by atoms with E-state index in [9.17, 15) is 20.1 Å². The lowest BCUT2D eigenvalue weighted by Gasteiger charge is -2.24. The number of ether oxygens (including phenoxy) is 2. The lowest BCUT2D eigenvalue weighted by atomic mass is 10.2. The van der Waals surface area contributed by atoms with E-state index in [1.165, 1.54) is 11.3 Å². The number of azo groups is 2. The predicted octanol–water partition coefficient (Wildman–Crippen LogP) is 15.7. The van der Waals surface area contributed by atoms with Crippen molar-refractivity contribution < 1.29 is 29.3 Å². The minimum atomic E-state index is -0.522. The van der Waals surface area contributed by atoms with Crippen LogP contribution in [-0.2, 0) is 19.1 Å². The maximum absolute atomic E-state index is 11.3. The number of aliphatic hydroxyl groups excluding tert-OH is 2. The van der Waals surface area contributed by atoms with Gasteiger partial charge in [0.15, 0.2) is 10.5 Å². The van der Waals surface area contributed by atoms with E-state index in [-0.39, 0.29) is 37.0 Å². The van der Waals surface area contributed by atoms with Crippen LogP contribution in [0.15, 0.2) is 107 Å². The molecule has 0 fully saturated rings. The van der Waals surface area contributed by atoms with Crippen LogP contribution in [0.1, 0.15) is 58.4 Å². The summed E-state index contributed by atoms with van der Waals surface area (Å²) < 4.78 is 10.1. The molecule has 0 radical (unpaired) electrons. The number of benzene rings is 2. The largest absolute Gasteiger partial charge is 0.461 e. The molecule has 0 amide bonds. The molecule has 23 nitrogen and oxygen atoms in total. The van der Waals surface area contributed by atoms with Gasteiger partial charge >= 0.3 is 16.9 Å². The van der Waals surface area contributed by atoms with Gasteiger partial charge in [-0.1, -0.05) is 38.3 Å². The summed E-state index contributed by atoms with van der Waals surface area (Å²) in [4.78, 5) is 42.5. The Morgan fingerprint density at radius 3 is 1.19 bits per heavy atom. The number of nitriles is 4. The maximum Gasteiger partial charge on any atom is 0.446 e.